The van der Waals surface area contributed by atoms with E-state index in [-0.39, 0.29) is 25.1 Å². The molecule has 28 heavy (non-hydrogen) atoms. The molecule has 6 nitrogen and oxygen atoms in total. The van der Waals surface area contributed by atoms with Gasteiger partial charge in [0.05, 0.1) is 6.54 Å². The van der Waals surface area contributed by atoms with Crippen molar-refractivity contribution in [3.8, 4) is 5.75 Å². The van der Waals surface area contributed by atoms with Crippen LogP contribution in [0.3, 0.4) is 0 Å². The fourth-order valence-corrected chi connectivity index (χ4v) is 4.46. The molecule has 1 unspecified atom stereocenters. The van der Waals surface area contributed by atoms with Crippen LogP contribution in [-0.2, 0) is 4.79 Å². The summed E-state index contributed by atoms with van der Waals surface area (Å²) in [4.78, 5) is 28.4. The largest absolute Gasteiger partial charge is 0.490 e. The van der Waals surface area contributed by atoms with Crippen LogP contribution in [0, 0.1) is 0 Å². The number of rotatable bonds is 5. The number of urea groups is 1. The van der Waals surface area contributed by atoms with Crippen LogP contribution in [0.2, 0.25) is 0 Å². The molecule has 1 atom stereocenters. The van der Waals surface area contributed by atoms with Gasteiger partial charge < -0.3 is 14.7 Å². The Morgan fingerprint density at radius 1 is 1.07 bits per heavy atom. The van der Waals surface area contributed by atoms with Crippen LogP contribution in [0.25, 0.3) is 10.8 Å². The molecule has 2 aliphatic rings. The summed E-state index contributed by atoms with van der Waals surface area (Å²) in [5.41, 5.74) is -0.717. The Bertz CT molecular complexity index is 886. The molecular weight excluding hydrogens is 356 g/mol. The second-order valence-electron chi connectivity index (χ2n) is 7.79. The Labute approximate surface area is 164 Å². The molecule has 1 spiro atoms. The van der Waals surface area contributed by atoms with Gasteiger partial charge in [0.2, 0.25) is 0 Å². The molecule has 6 heteroatoms. The third kappa shape index (κ3) is 3.11. The minimum atomic E-state index is -0.945. The van der Waals surface area contributed by atoms with Crippen molar-refractivity contribution in [2.75, 3.05) is 20.2 Å². The summed E-state index contributed by atoms with van der Waals surface area (Å²) in [6.07, 6.45) is 3.45. The van der Waals surface area contributed by atoms with Gasteiger partial charge in [-0.3, -0.25) is 9.69 Å². The minimum absolute atomic E-state index is 0.0157. The van der Waals surface area contributed by atoms with Crippen molar-refractivity contribution in [1.29, 1.82) is 0 Å². The maximum Gasteiger partial charge on any atom is 0.327 e. The molecule has 1 aliphatic carbocycles. The number of fused-ring (bicyclic) bond motifs is 1. The molecule has 1 N–H and O–H groups in total. The second-order valence-corrected chi connectivity index (χ2v) is 7.79. The number of ether oxygens (including phenoxy) is 1. The Balaban J connectivity index is 1.43. The molecule has 1 aliphatic heterocycles. The summed E-state index contributed by atoms with van der Waals surface area (Å²) in [6, 6.07) is 13.3. The molecule has 148 valence electrons. The van der Waals surface area contributed by atoms with Crippen molar-refractivity contribution < 1.29 is 19.4 Å². The van der Waals surface area contributed by atoms with Crippen LogP contribution in [-0.4, -0.2) is 58.7 Å². The van der Waals surface area contributed by atoms with Gasteiger partial charge in [0.15, 0.2) is 0 Å². The number of carbonyl (C=O) groups excluding carboxylic acids is 2. The van der Waals surface area contributed by atoms with Gasteiger partial charge in [0.1, 0.15) is 24.0 Å². The first-order valence-corrected chi connectivity index (χ1v) is 9.91. The summed E-state index contributed by atoms with van der Waals surface area (Å²) < 4.78 is 5.81. The van der Waals surface area contributed by atoms with Crippen LogP contribution < -0.4 is 4.74 Å². The number of amides is 3. The maximum absolute atomic E-state index is 13.0. The van der Waals surface area contributed by atoms with Gasteiger partial charge in [-0.15, -0.1) is 0 Å². The molecule has 1 saturated carbocycles. The van der Waals surface area contributed by atoms with E-state index >= 15 is 0 Å². The minimum Gasteiger partial charge on any atom is -0.490 e. The van der Waals surface area contributed by atoms with E-state index in [1.165, 1.54) is 4.90 Å². The van der Waals surface area contributed by atoms with E-state index in [9.17, 15) is 14.7 Å². The highest BCUT2D eigenvalue weighted by Gasteiger charge is 2.55. The molecule has 0 bridgehead atoms. The zero-order chi connectivity index (χ0) is 19.7. The smallest absolute Gasteiger partial charge is 0.327 e. The van der Waals surface area contributed by atoms with Crippen molar-refractivity contribution in [2.24, 2.45) is 0 Å². The van der Waals surface area contributed by atoms with Gasteiger partial charge in [-0.1, -0.05) is 55.7 Å². The summed E-state index contributed by atoms with van der Waals surface area (Å²) >= 11 is 0. The molecule has 0 aromatic heterocycles. The molecular formula is C22H26N2O4. The third-order valence-electron chi connectivity index (χ3n) is 6.06. The molecule has 1 heterocycles. The van der Waals surface area contributed by atoms with Gasteiger partial charge in [0, 0.05) is 12.4 Å². The first kappa shape index (κ1) is 18.7. The van der Waals surface area contributed by atoms with Gasteiger partial charge in [-0.25, -0.2) is 4.79 Å². The lowest BCUT2D eigenvalue weighted by atomic mass is 9.81. The summed E-state index contributed by atoms with van der Waals surface area (Å²) in [6.45, 7) is -0.0314. The monoisotopic (exact) mass is 382 g/mol. The zero-order valence-electron chi connectivity index (χ0n) is 16.1. The third-order valence-corrected chi connectivity index (χ3v) is 6.06. The number of hydrogen-bond acceptors (Lipinski definition) is 4. The van der Waals surface area contributed by atoms with E-state index < -0.39 is 11.6 Å². The molecule has 1 saturated heterocycles. The van der Waals surface area contributed by atoms with Crippen LogP contribution in [0.1, 0.15) is 32.1 Å². The van der Waals surface area contributed by atoms with Crippen LogP contribution in [0.5, 0.6) is 5.75 Å². The van der Waals surface area contributed by atoms with Crippen molar-refractivity contribution in [2.45, 2.75) is 43.7 Å². The van der Waals surface area contributed by atoms with E-state index in [0.717, 1.165) is 30.0 Å². The number of likely N-dealkylation sites (N-methyl/N-ethyl adjacent to an activating group) is 1. The zero-order valence-corrected chi connectivity index (χ0v) is 16.1. The van der Waals surface area contributed by atoms with Gasteiger partial charge in [-0.2, -0.15) is 0 Å². The number of imide groups is 1. The fraction of sp³-hybridized carbons (Fsp3) is 0.455. The second kappa shape index (κ2) is 7.43. The Kier molecular flexibility index (Phi) is 4.98. The van der Waals surface area contributed by atoms with Crippen LogP contribution >= 0.6 is 0 Å². The lowest BCUT2D eigenvalue weighted by molar-refractivity contribution is -0.135. The number of hydrogen-bond donors (Lipinski definition) is 1. The molecule has 2 aromatic carbocycles. The van der Waals surface area contributed by atoms with E-state index in [2.05, 4.69) is 0 Å². The Morgan fingerprint density at radius 2 is 1.79 bits per heavy atom. The highest BCUT2D eigenvalue weighted by molar-refractivity contribution is 6.07. The summed E-state index contributed by atoms with van der Waals surface area (Å²) in [7, 11) is 1.70. The molecule has 4 rings (SSSR count). The summed E-state index contributed by atoms with van der Waals surface area (Å²) in [5.74, 6) is 0.501. The van der Waals surface area contributed by atoms with Gasteiger partial charge in [-0.05, 0) is 24.3 Å². The Hall–Kier alpha value is -2.60. The lowest BCUT2D eigenvalue weighted by Crippen LogP contribution is -2.49. The summed E-state index contributed by atoms with van der Waals surface area (Å²) in [5, 5.41) is 12.5. The van der Waals surface area contributed by atoms with Gasteiger partial charge in [0.25, 0.3) is 5.91 Å². The highest BCUT2D eigenvalue weighted by Crippen LogP contribution is 2.39. The quantitative estimate of drug-likeness (QED) is 0.807. The van der Waals surface area contributed by atoms with Crippen molar-refractivity contribution >= 4 is 22.7 Å². The average Bonchev–Trinajstić information content (AvgIpc) is 2.89. The highest BCUT2D eigenvalue weighted by atomic mass is 16.5. The van der Waals surface area contributed by atoms with Crippen molar-refractivity contribution in [3.63, 3.8) is 0 Å². The van der Waals surface area contributed by atoms with E-state index in [0.29, 0.717) is 18.6 Å². The molecule has 3 amide bonds. The first-order chi connectivity index (χ1) is 13.5. The number of benzene rings is 2. The molecule has 2 aromatic rings. The predicted molar refractivity (Wildman–Crippen MR) is 106 cm³/mol. The maximum atomic E-state index is 13.0. The topological polar surface area (TPSA) is 70.1 Å². The number of aliphatic hydroxyl groups excluding tert-OH is 1. The SMILES string of the molecule is CN1C(=O)N(CC(O)COc2cccc3ccccc23)C(=O)C12CCCCC2. The predicted octanol–water partition coefficient (Wildman–Crippen LogP) is 3.18. The number of aliphatic hydroxyl groups is 1. The lowest BCUT2D eigenvalue weighted by Gasteiger charge is -2.35. The number of carbonyl (C=O) groups is 2. The van der Waals surface area contributed by atoms with Gasteiger partial charge >= 0.3 is 6.03 Å². The van der Waals surface area contributed by atoms with E-state index in [4.69, 9.17) is 4.74 Å². The average molecular weight is 382 g/mol. The first-order valence-electron chi connectivity index (χ1n) is 9.91. The number of β-amino-alcohol motifs (C(OH)–C–C–N with tert-alkyl or cyclic N) is 1. The van der Waals surface area contributed by atoms with Crippen LogP contribution in [0.15, 0.2) is 42.5 Å². The van der Waals surface area contributed by atoms with Crippen molar-refractivity contribution in [3.05, 3.63) is 42.5 Å². The fourth-order valence-electron chi connectivity index (χ4n) is 4.46. The Morgan fingerprint density at radius 3 is 2.57 bits per heavy atom. The number of nitrogens with zero attached hydrogens (tertiary/aromatic N) is 2. The van der Waals surface area contributed by atoms with E-state index in [1.54, 1.807) is 11.9 Å². The molecule has 2 fully saturated rings. The standard InChI is InChI=1S/C22H26N2O4/c1-23-21(27)24(20(26)22(23)12-5-2-6-13-22)14-17(25)15-28-19-11-7-9-16-8-3-4-10-18(16)19/h3-4,7-11,17,25H,2,5-6,12-15H2,1H3. The normalized spacial score (nSPS) is 20.2. The van der Waals surface area contributed by atoms with Crippen molar-refractivity contribution in [1.82, 2.24) is 9.80 Å². The van der Waals surface area contributed by atoms with E-state index in [1.807, 2.05) is 42.5 Å². The van der Waals surface area contributed by atoms with Crippen LogP contribution in [0.4, 0.5) is 4.79 Å². The molecule has 0 radical (unpaired) electrons.